The zero-order chi connectivity index (χ0) is 9.40. The largest absolute Gasteiger partial charge is 0.481 e. The highest BCUT2D eigenvalue weighted by atomic mass is 16.4. The van der Waals surface area contributed by atoms with Crippen molar-refractivity contribution >= 4 is 5.97 Å². The normalized spacial score (nSPS) is 13.5. The van der Waals surface area contributed by atoms with E-state index in [1.54, 1.807) is 0 Å². The van der Waals surface area contributed by atoms with Crippen LogP contribution in [0.2, 0.25) is 0 Å². The van der Waals surface area contributed by atoms with Gasteiger partial charge in [0.15, 0.2) is 0 Å². The number of carboxylic acid groups (broad SMARTS) is 1. The second-order valence-corrected chi connectivity index (χ2v) is 2.90. The van der Waals surface area contributed by atoms with Gasteiger partial charge in [0.05, 0.1) is 5.92 Å². The van der Waals surface area contributed by atoms with E-state index in [1.807, 2.05) is 6.92 Å². The monoisotopic (exact) mass is 170 g/mol. The minimum Gasteiger partial charge on any atom is -0.481 e. The first-order valence-corrected chi connectivity index (χ1v) is 4.60. The van der Waals surface area contributed by atoms with Crippen molar-refractivity contribution in [3.05, 3.63) is 12.2 Å². The third-order valence-corrected chi connectivity index (χ3v) is 1.93. The molecule has 1 unspecified atom stereocenters. The molecule has 0 aliphatic carbocycles. The van der Waals surface area contributed by atoms with Gasteiger partial charge in [0, 0.05) is 0 Å². The van der Waals surface area contributed by atoms with Crippen LogP contribution in [0.25, 0.3) is 0 Å². The number of rotatable bonds is 6. The topological polar surface area (TPSA) is 37.3 Å². The van der Waals surface area contributed by atoms with Crippen molar-refractivity contribution in [3.8, 4) is 0 Å². The molecule has 1 atom stereocenters. The van der Waals surface area contributed by atoms with Crippen molar-refractivity contribution in [2.75, 3.05) is 0 Å². The van der Waals surface area contributed by atoms with Crippen LogP contribution in [-0.4, -0.2) is 11.1 Å². The molecule has 2 nitrogen and oxygen atoms in total. The lowest BCUT2D eigenvalue weighted by Gasteiger charge is -2.06. The molecular weight excluding hydrogens is 152 g/mol. The molecule has 2 heteroatoms. The Morgan fingerprint density at radius 2 is 2.08 bits per heavy atom. The van der Waals surface area contributed by atoms with E-state index in [2.05, 4.69) is 19.1 Å². The van der Waals surface area contributed by atoms with E-state index in [9.17, 15) is 4.79 Å². The van der Waals surface area contributed by atoms with Crippen LogP contribution in [0.1, 0.15) is 39.5 Å². The maximum Gasteiger partial charge on any atom is 0.306 e. The molecule has 0 heterocycles. The fourth-order valence-corrected chi connectivity index (χ4v) is 1.08. The number of aliphatic carboxylic acids is 1. The number of hydrogen-bond acceptors (Lipinski definition) is 1. The Morgan fingerprint density at radius 1 is 1.42 bits per heavy atom. The van der Waals surface area contributed by atoms with Crippen molar-refractivity contribution < 1.29 is 9.90 Å². The number of hydrogen-bond donors (Lipinski definition) is 1. The van der Waals surface area contributed by atoms with Gasteiger partial charge in [0.2, 0.25) is 0 Å². The van der Waals surface area contributed by atoms with Crippen molar-refractivity contribution in [1.82, 2.24) is 0 Å². The van der Waals surface area contributed by atoms with Crippen LogP contribution in [0.15, 0.2) is 12.2 Å². The van der Waals surface area contributed by atoms with E-state index in [1.165, 1.54) is 0 Å². The first-order chi connectivity index (χ1) is 5.72. The molecule has 0 aliphatic heterocycles. The van der Waals surface area contributed by atoms with Crippen molar-refractivity contribution in [2.24, 2.45) is 5.92 Å². The summed E-state index contributed by atoms with van der Waals surface area (Å²) in [6.45, 7) is 3.99. The van der Waals surface area contributed by atoms with Gasteiger partial charge in [-0.05, 0) is 25.7 Å². The van der Waals surface area contributed by atoms with Gasteiger partial charge in [-0.15, -0.1) is 0 Å². The smallest absolute Gasteiger partial charge is 0.306 e. The van der Waals surface area contributed by atoms with Gasteiger partial charge in [-0.1, -0.05) is 26.0 Å². The maximum absolute atomic E-state index is 10.6. The highest BCUT2D eigenvalue weighted by Crippen LogP contribution is 2.11. The highest BCUT2D eigenvalue weighted by molar-refractivity contribution is 5.69. The third kappa shape index (κ3) is 4.94. The first-order valence-electron chi connectivity index (χ1n) is 4.60. The molecule has 0 aromatic carbocycles. The van der Waals surface area contributed by atoms with Crippen molar-refractivity contribution in [1.29, 1.82) is 0 Å². The molecule has 0 radical (unpaired) electrons. The van der Waals surface area contributed by atoms with Crippen LogP contribution in [0.3, 0.4) is 0 Å². The number of carboxylic acids is 1. The molecule has 0 bridgehead atoms. The minimum absolute atomic E-state index is 0.161. The molecule has 0 saturated heterocycles. The van der Waals surface area contributed by atoms with E-state index in [0.29, 0.717) is 0 Å². The zero-order valence-corrected chi connectivity index (χ0v) is 7.92. The van der Waals surface area contributed by atoms with Gasteiger partial charge in [0.25, 0.3) is 0 Å². The Hall–Kier alpha value is -0.790. The second kappa shape index (κ2) is 6.89. The molecular formula is C10H18O2. The van der Waals surface area contributed by atoms with Crippen LogP contribution in [0.4, 0.5) is 0 Å². The predicted octanol–water partition coefficient (Wildman–Crippen LogP) is 2.84. The van der Waals surface area contributed by atoms with Gasteiger partial charge in [-0.25, -0.2) is 0 Å². The summed E-state index contributed by atoms with van der Waals surface area (Å²) in [5.74, 6) is -0.825. The van der Waals surface area contributed by atoms with E-state index in [4.69, 9.17) is 5.11 Å². The molecule has 0 aromatic heterocycles. The summed E-state index contributed by atoms with van der Waals surface area (Å²) in [7, 11) is 0. The molecule has 0 rings (SSSR count). The molecule has 0 aromatic rings. The summed E-state index contributed by atoms with van der Waals surface area (Å²) in [6.07, 6.45) is 7.56. The van der Waals surface area contributed by atoms with Crippen molar-refractivity contribution in [3.63, 3.8) is 0 Å². The zero-order valence-electron chi connectivity index (χ0n) is 7.92. The summed E-state index contributed by atoms with van der Waals surface area (Å²) < 4.78 is 0. The maximum atomic E-state index is 10.6. The SMILES string of the molecule is CCC=CCCC(CC)C(=O)O. The molecule has 12 heavy (non-hydrogen) atoms. The van der Waals surface area contributed by atoms with E-state index >= 15 is 0 Å². The van der Waals surface area contributed by atoms with Crippen LogP contribution in [-0.2, 0) is 4.79 Å². The third-order valence-electron chi connectivity index (χ3n) is 1.93. The summed E-state index contributed by atoms with van der Waals surface area (Å²) in [6, 6.07) is 0. The standard InChI is InChI=1S/C10H18O2/c1-3-5-6-7-8-9(4-2)10(11)12/h5-6,9H,3-4,7-8H2,1-2H3,(H,11,12). The Balaban J connectivity index is 3.58. The average molecular weight is 170 g/mol. The average Bonchev–Trinajstić information content (AvgIpc) is 2.04. The Bertz CT molecular complexity index is 150. The summed E-state index contributed by atoms with van der Waals surface area (Å²) in [5, 5.41) is 8.71. The molecule has 0 fully saturated rings. The number of allylic oxidation sites excluding steroid dienone is 2. The fourth-order valence-electron chi connectivity index (χ4n) is 1.08. The minimum atomic E-state index is -0.664. The van der Waals surface area contributed by atoms with Crippen molar-refractivity contribution in [2.45, 2.75) is 39.5 Å². The van der Waals surface area contributed by atoms with Gasteiger partial charge in [0.1, 0.15) is 0 Å². The lowest BCUT2D eigenvalue weighted by molar-refractivity contribution is -0.142. The lowest BCUT2D eigenvalue weighted by Crippen LogP contribution is -2.11. The lowest BCUT2D eigenvalue weighted by atomic mass is 10.0. The molecule has 0 aliphatic rings. The van der Waals surface area contributed by atoms with Gasteiger partial charge in [-0.2, -0.15) is 0 Å². The highest BCUT2D eigenvalue weighted by Gasteiger charge is 2.12. The summed E-state index contributed by atoms with van der Waals surface area (Å²) in [4.78, 5) is 10.6. The molecule has 70 valence electrons. The van der Waals surface area contributed by atoms with Gasteiger partial charge in [-0.3, -0.25) is 4.79 Å². The number of carbonyl (C=O) groups is 1. The predicted molar refractivity (Wildman–Crippen MR) is 50.1 cm³/mol. The van der Waals surface area contributed by atoms with Crippen LogP contribution < -0.4 is 0 Å². The van der Waals surface area contributed by atoms with Crippen LogP contribution in [0, 0.1) is 5.92 Å². The Morgan fingerprint density at radius 3 is 2.50 bits per heavy atom. The second-order valence-electron chi connectivity index (χ2n) is 2.90. The van der Waals surface area contributed by atoms with E-state index in [-0.39, 0.29) is 5.92 Å². The fraction of sp³-hybridized carbons (Fsp3) is 0.700. The van der Waals surface area contributed by atoms with Crippen LogP contribution in [0.5, 0.6) is 0 Å². The summed E-state index contributed by atoms with van der Waals surface area (Å²) >= 11 is 0. The van der Waals surface area contributed by atoms with Gasteiger partial charge >= 0.3 is 5.97 Å². The van der Waals surface area contributed by atoms with E-state index < -0.39 is 5.97 Å². The molecule has 0 saturated carbocycles. The first kappa shape index (κ1) is 11.2. The Labute approximate surface area is 74.3 Å². The molecule has 1 N–H and O–H groups in total. The van der Waals surface area contributed by atoms with E-state index in [0.717, 1.165) is 25.7 Å². The van der Waals surface area contributed by atoms with Gasteiger partial charge < -0.3 is 5.11 Å². The molecule has 0 amide bonds. The molecule has 0 spiro atoms. The quantitative estimate of drug-likeness (QED) is 0.622. The summed E-state index contributed by atoms with van der Waals surface area (Å²) in [5.41, 5.74) is 0. The Kier molecular flexibility index (Phi) is 6.44. The van der Waals surface area contributed by atoms with Crippen LogP contribution >= 0.6 is 0 Å².